The summed E-state index contributed by atoms with van der Waals surface area (Å²) in [4.78, 5) is 17.1. The Kier molecular flexibility index (Phi) is 1.83. The van der Waals surface area contributed by atoms with Crippen molar-refractivity contribution in [2.45, 2.75) is 26.8 Å². The quantitative estimate of drug-likeness (QED) is 0.595. The van der Waals surface area contributed by atoms with E-state index in [-0.39, 0.29) is 5.91 Å². The number of aromatic nitrogens is 1. The molecule has 0 spiro atoms. The fourth-order valence-electron chi connectivity index (χ4n) is 1.59. The summed E-state index contributed by atoms with van der Waals surface area (Å²) in [7, 11) is 0. The zero-order chi connectivity index (χ0) is 9.42. The Morgan fingerprint density at radius 1 is 1.62 bits per heavy atom. The first-order valence-corrected chi connectivity index (χ1v) is 4.37. The number of carbonyl (C=O) groups is 1. The summed E-state index contributed by atoms with van der Waals surface area (Å²) in [5.74, 6) is 1.63. The van der Waals surface area contributed by atoms with E-state index in [1.54, 1.807) is 11.8 Å². The lowest BCUT2D eigenvalue weighted by atomic mass is 10.1. The van der Waals surface area contributed by atoms with Gasteiger partial charge in [0.25, 0.3) is 0 Å². The largest absolute Gasteiger partial charge is 0.444 e. The Morgan fingerprint density at radius 2 is 2.38 bits per heavy atom. The Labute approximate surface area is 76.6 Å². The first kappa shape index (κ1) is 8.29. The van der Waals surface area contributed by atoms with Crippen LogP contribution in [0.2, 0.25) is 0 Å². The Balaban J connectivity index is 2.24. The van der Waals surface area contributed by atoms with Gasteiger partial charge in [-0.15, -0.1) is 0 Å². The van der Waals surface area contributed by atoms with E-state index in [2.05, 4.69) is 4.98 Å². The number of hydrogen-bond donors (Lipinski definition) is 0. The van der Waals surface area contributed by atoms with Crippen LogP contribution < -0.4 is 0 Å². The molecule has 2 heterocycles. The maximum absolute atomic E-state index is 11.1. The number of amides is 1. The molecular formula is C9H12N2O2. The van der Waals surface area contributed by atoms with Crippen LogP contribution in [-0.4, -0.2) is 22.3 Å². The molecule has 2 rings (SSSR count). The molecule has 13 heavy (non-hydrogen) atoms. The topological polar surface area (TPSA) is 46.3 Å². The summed E-state index contributed by atoms with van der Waals surface area (Å²) in [6.07, 6.45) is 0.812. The zero-order valence-electron chi connectivity index (χ0n) is 7.83. The molecule has 1 aliphatic rings. The second-order valence-corrected chi connectivity index (χ2v) is 3.29. The number of nitrogens with zero attached hydrogens (tertiary/aromatic N) is 2. The van der Waals surface area contributed by atoms with E-state index in [1.165, 1.54) is 0 Å². The highest BCUT2D eigenvalue weighted by Gasteiger charge is 2.22. The van der Waals surface area contributed by atoms with Gasteiger partial charge in [0, 0.05) is 26.8 Å². The highest BCUT2D eigenvalue weighted by Crippen LogP contribution is 2.19. The van der Waals surface area contributed by atoms with Gasteiger partial charge in [0.15, 0.2) is 5.89 Å². The Morgan fingerprint density at radius 3 is 3.08 bits per heavy atom. The molecule has 4 heteroatoms. The number of oxazole rings is 1. The standard InChI is InChI=1S/C9H12N2O2/c1-6-10-8-3-4-11(7(2)12)5-9(8)13-6/h3-5H2,1-2H3. The van der Waals surface area contributed by atoms with Crippen molar-refractivity contribution in [1.82, 2.24) is 9.88 Å². The first-order valence-electron chi connectivity index (χ1n) is 4.37. The summed E-state index contributed by atoms with van der Waals surface area (Å²) < 4.78 is 5.38. The lowest BCUT2D eigenvalue weighted by molar-refractivity contribution is -0.130. The lowest BCUT2D eigenvalue weighted by Gasteiger charge is -2.23. The Hall–Kier alpha value is -1.32. The van der Waals surface area contributed by atoms with E-state index in [1.807, 2.05) is 6.92 Å². The van der Waals surface area contributed by atoms with E-state index in [0.717, 1.165) is 24.4 Å². The first-order chi connectivity index (χ1) is 6.16. The number of fused-ring (bicyclic) bond motifs is 1. The summed E-state index contributed by atoms with van der Waals surface area (Å²) in [6, 6.07) is 0. The van der Waals surface area contributed by atoms with Gasteiger partial charge in [0.2, 0.25) is 5.91 Å². The van der Waals surface area contributed by atoms with Crippen molar-refractivity contribution in [2.24, 2.45) is 0 Å². The predicted molar refractivity (Wildman–Crippen MR) is 46.0 cm³/mol. The van der Waals surface area contributed by atoms with E-state index in [4.69, 9.17) is 4.42 Å². The van der Waals surface area contributed by atoms with Gasteiger partial charge in [0.1, 0.15) is 5.76 Å². The molecule has 1 amide bonds. The molecule has 1 aromatic rings. The van der Waals surface area contributed by atoms with Crippen molar-refractivity contribution < 1.29 is 9.21 Å². The molecule has 0 N–H and O–H groups in total. The van der Waals surface area contributed by atoms with Crippen LogP contribution in [0, 0.1) is 6.92 Å². The minimum absolute atomic E-state index is 0.0969. The fourth-order valence-corrected chi connectivity index (χ4v) is 1.59. The monoisotopic (exact) mass is 180 g/mol. The zero-order valence-corrected chi connectivity index (χ0v) is 7.83. The summed E-state index contributed by atoms with van der Waals surface area (Å²) in [5.41, 5.74) is 1.01. The third kappa shape index (κ3) is 1.43. The van der Waals surface area contributed by atoms with Crippen LogP contribution in [0.1, 0.15) is 24.3 Å². The van der Waals surface area contributed by atoms with Crippen molar-refractivity contribution in [3.63, 3.8) is 0 Å². The van der Waals surface area contributed by atoms with E-state index < -0.39 is 0 Å². The molecule has 4 nitrogen and oxygen atoms in total. The second-order valence-electron chi connectivity index (χ2n) is 3.29. The molecule has 0 fully saturated rings. The third-order valence-electron chi connectivity index (χ3n) is 2.28. The molecule has 0 radical (unpaired) electrons. The van der Waals surface area contributed by atoms with Crippen molar-refractivity contribution in [2.75, 3.05) is 6.54 Å². The van der Waals surface area contributed by atoms with Crippen molar-refractivity contribution in [3.05, 3.63) is 17.3 Å². The van der Waals surface area contributed by atoms with Crippen molar-refractivity contribution >= 4 is 5.91 Å². The minimum Gasteiger partial charge on any atom is -0.444 e. The van der Waals surface area contributed by atoms with E-state index in [0.29, 0.717) is 12.4 Å². The molecule has 0 bridgehead atoms. The van der Waals surface area contributed by atoms with Gasteiger partial charge < -0.3 is 9.32 Å². The predicted octanol–water partition coefficient (Wildman–Crippen LogP) is 0.888. The highest BCUT2D eigenvalue weighted by atomic mass is 16.4. The molecule has 1 aliphatic heterocycles. The van der Waals surface area contributed by atoms with Gasteiger partial charge in [-0.2, -0.15) is 0 Å². The van der Waals surface area contributed by atoms with Crippen LogP contribution >= 0.6 is 0 Å². The molecule has 70 valence electrons. The number of hydrogen-bond acceptors (Lipinski definition) is 3. The van der Waals surface area contributed by atoms with E-state index in [9.17, 15) is 4.79 Å². The molecule has 1 aromatic heterocycles. The normalized spacial score (nSPS) is 15.7. The van der Waals surface area contributed by atoms with E-state index >= 15 is 0 Å². The number of aryl methyl sites for hydroxylation is 1. The average molecular weight is 180 g/mol. The maximum Gasteiger partial charge on any atom is 0.219 e. The molecule has 0 atom stereocenters. The van der Waals surface area contributed by atoms with Crippen LogP contribution in [0.15, 0.2) is 4.42 Å². The molecule has 0 aromatic carbocycles. The molecule has 0 aliphatic carbocycles. The van der Waals surface area contributed by atoms with Gasteiger partial charge in [-0.1, -0.05) is 0 Å². The Bertz CT molecular complexity index is 343. The fraction of sp³-hybridized carbons (Fsp3) is 0.556. The summed E-state index contributed by atoms with van der Waals surface area (Å²) >= 11 is 0. The molecular weight excluding hydrogens is 168 g/mol. The summed E-state index contributed by atoms with van der Waals surface area (Å²) in [5, 5.41) is 0. The van der Waals surface area contributed by atoms with Gasteiger partial charge >= 0.3 is 0 Å². The number of rotatable bonds is 0. The number of carbonyl (C=O) groups excluding carboxylic acids is 1. The summed E-state index contributed by atoms with van der Waals surface area (Å²) in [6.45, 7) is 4.74. The average Bonchev–Trinajstić information content (AvgIpc) is 2.42. The molecule has 0 saturated carbocycles. The highest BCUT2D eigenvalue weighted by molar-refractivity contribution is 5.73. The van der Waals surface area contributed by atoms with Crippen LogP contribution in [0.25, 0.3) is 0 Å². The van der Waals surface area contributed by atoms with Gasteiger partial charge in [-0.05, 0) is 0 Å². The van der Waals surface area contributed by atoms with Crippen LogP contribution in [0.4, 0.5) is 0 Å². The smallest absolute Gasteiger partial charge is 0.219 e. The molecule has 0 saturated heterocycles. The van der Waals surface area contributed by atoms with Crippen LogP contribution in [-0.2, 0) is 17.8 Å². The SMILES string of the molecule is CC(=O)N1CCc2nc(C)oc2C1. The van der Waals surface area contributed by atoms with Crippen LogP contribution in [0.5, 0.6) is 0 Å². The van der Waals surface area contributed by atoms with Crippen molar-refractivity contribution in [1.29, 1.82) is 0 Å². The maximum atomic E-state index is 11.1. The second kappa shape index (κ2) is 2.87. The van der Waals surface area contributed by atoms with Crippen molar-refractivity contribution in [3.8, 4) is 0 Å². The minimum atomic E-state index is 0.0969. The van der Waals surface area contributed by atoms with Gasteiger partial charge in [-0.3, -0.25) is 4.79 Å². The van der Waals surface area contributed by atoms with Gasteiger partial charge in [0.05, 0.1) is 12.2 Å². The third-order valence-corrected chi connectivity index (χ3v) is 2.28. The molecule has 0 unspecified atom stereocenters. The van der Waals surface area contributed by atoms with Crippen LogP contribution in [0.3, 0.4) is 0 Å². The lowest BCUT2D eigenvalue weighted by Crippen LogP contribution is -2.33. The van der Waals surface area contributed by atoms with Gasteiger partial charge in [-0.25, -0.2) is 4.98 Å².